The summed E-state index contributed by atoms with van der Waals surface area (Å²) in [6.45, 7) is 1.94. The molecular weight excluding hydrogens is 255 g/mol. The topological polar surface area (TPSA) is 38.9 Å². The molecule has 0 fully saturated rings. The van der Waals surface area contributed by atoms with Crippen LogP contribution in [0.1, 0.15) is 22.9 Å². The summed E-state index contributed by atoms with van der Waals surface area (Å²) in [6, 6.07) is 8.92. The van der Waals surface area contributed by atoms with Crippen LogP contribution in [0.5, 0.6) is 0 Å². The molecule has 1 heterocycles. The monoisotopic (exact) mass is 266 g/mol. The number of rotatable bonds is 2. The number of benzene rings is 1. The van der Waals surface area contributed by atoms with Gasteiger partial charge in [0, 0.05) is 21.9 Å². The van der Waals surface area contributed by atoms with E-state index in [1.54, 1.807) is 18.3 Å². The third-order valence-electron chi connectivity index (χ3n) is 2.59. The second-order valence-corrected chi connectivity index (χ2v) is 4.72. The van der Waals surface area contributed by atoms with Gasteiger partial charge < -0.3 is 5.73 Å². The Hall–Kier alpha value is -1.09. The van der Waals surface area contributed by atoms with Crippen molar-refractivity contribution in [2.24, 2.45) is 5.73 Å². The van der Waals surface area contributed by atoms with Crippen molar-refractivity contribution in [3.05, 3.63) is 63.4 Å². The smallest absolute Gasteiger partial charge is 0.0581 e. The molecule has 0 amide bonds. The Morgan fingerprint density at radius 1 is 1.18 bits per heavy atom. The van der Waals surface area contributed by atoms with E-state index in [0.29, 0.717) is 10.0 Å². The lowest BCUT2D eigenvalue weighted by Gasteiger charge is -2.14. The number of halogens is 2. The van der Waals surface area contributed by atoms with E-state index in [0.717, 1.165) is 16.8 Å². The van der Waals surface area contributed by atoms with Crippen molar-refractivity contribution in [2.45, 2.75) is 13.0 Å². The van der Waals surface area contributed by atoms with Crippen molar-refractivity contribution < 1.29 is 0 Å². The van der Waals surface area contributed by atoms with Gasteiger partial charge in [-0.2, -0.15) is 0 Å². The van der Waals surface area contributed by atoms with Crippen LogP contribution in [0.25, 0.3) is 0 Å². The van der Waals surface area contributed by atoms with Gasteiger partial charge in [-0.05, 0) is 36.2 Å². The van der Waals surface area contributed by atoms with Crippen LogP contribution in [-0.2, 0) is 0 Å². The Bertz CT molecular complexity index is 523. The van der Waals surface area contributed by atoms with Gasteiger partial charge in [0.15, 0.2) is 0 Å². The van der Waals surface area contributed by atoms with Crippen LogP contribution in [0, 0.1) is 6.92 Å². The van der Waals surface area contributed by atoms with Crippen LogP contribution in [0.15, 0.2) is 36.5 Å². The molecule has 2 nitrogen and oxygen atoms in total. The van der Waals surface area contributed by atoms with Gasteiger partial charge in [-0.25, -0.2) is 0 Å². The van der Waals surface area contributed by atoms with Gasteiger partial charge in [-0.1, -0.05) is 35.3 Å². The van der Waals surface area contributed by atoms with Gasteiger partial charge in [0.1, 0.15) is 0 Å². The fourth-order valence-corrected chi connectivity index (χ4v) is 2.12. The molecule has 88 valence electrons. The molecule has 1 unspecified atom stereocenters. The highest BCUT2D eigenvalue weighted by atomic mass is 35.5. The molecule has 17 heavy (non-hydrogen) atoms. The van der Waals surface area contributed by atoms with Crippen molar-refractivity contribution in [3.63, 3.8) is 0 Å². The lowest BCUT2D eigenvalue weighted by Crippen LogP contribution is -2.12. The van der Waals surface area contributed by atoms with Gasteiger partial charge in [-0.15, -0.1) is 0 Å². The van der Waals surface area contributed by atoms with Crippen LogP contribution in [0.3, 0.4) is 0 Å². The first-order valence-electron chi connectivity index (χ1n) is 5.21. The quantitative estimate of drug-likeness (QED) is 0.900. The fourth-order valence-electron chi connectivity index (χ4n) is 1.60. The first-order chi connectivity index (χ1) is 8.08. The molecule has 0 aliphatic heterocycles. The summed E-state index contributed by atoms with van der Waals surface area (Å²) < 4.78 is 0. The minimum atomic E-state index is -0.284. The summed E-state index contributed by atoms with van der Waals surface area (Å²) in [5.74, 6) is 0. The van der Waals surface area contributed by atoms with Crippen LogP contribution in [-0.4, -0.2) is 4.98 Å². The van der Waals surface area contributed by atoms with Crippen molar-refractivity contribution in [2.75, 3.05) is 0 Å². The van der Waals surface area contributed by atoms with Gasteiger partial charge in [-0.3, -0.25) is 4.98 Å². The van der Waals surface area contributed by atoms with Gasteiger partial charge >= 0.3 is 0 Å². The molecule has 0 aliphatic rings. The predicted octanol–water partition coefficient (Wildman–Crippen LogP) is 3.74. The Kier molecular flexibility index (Phi) is 3.67. The lowest BCUT2D eigenvalue weighted by molar-refractivity contribution is 0.861. The summed E-state index contributed by atoms with van der Waals surface area (Å²) >= 11 is 12.0. The number of pyridine rings is 1. The number of hydrogen-bond acceptors (Lipinski definition) is 2. The molecule has 2 N–H and O–H groups in total. The van der Waals surface area contributed by atoms with Gasteiger partial charge in [0.25, 0.3) is 0 Å². The van der Waals surface area contributed by atoms with E-state index >= 15 is 0 Å². The van der Waals surface area contributed by atoms with E-state index in [1.165, 1.54) is 0 Å². The maximum absolute atomic E-state index is 6.15. The molecule has 0 saturated carbocycles. The maximum atomic E-state index is 6.15. The maximum Gasteiger partial charge on any atom is 0.0581 e. The van der Waals surface area contributed by atoms with Crippen LogP contribution < -0.4 is 5.73 Å². The van der Waals surface area contributed by atoms with Crippen molar-refractivity contribution in [3.8, 4) is 0 Å². The van der Waals surface area contributed by atoms with Gasteiger partial charge in [0.05, 0.1) is 6.04 Å². The Balaban J connectivity index is 2.36. The molecule has 1 atom stereocenters. The third-order valence-corrected chi connectivity index (χ3v) is 3.15. The number of nitrogens with two attached hydrogens (primary N) is 1. The highest BCUT2D eigenvalue weighted by molar-refractivity contribution is 6.35. The van der Waals surface area contributed by atoms with E-state index in [4.69, 9.17) is 28.9 Å². The molecule has 4 heteroatoms. The summed E-state index contributed by atoms with van der Waals surface area (Å²) in [5, 5.41) is 1.18. The van der Waals surface area contributed by atoms with E-state index in [-0.39, 0.29) is 6.04 Å². The molecule has 0 bridgehead atoms. The first-order valence-corrected chi connectivity index (χ1v) is 5.96. The molecule has 0 spiro atoms. The van der Waals surface area contributed by atoms with E-state index in [1.807, 2.05) is 25.1 Å². The van der Waals surface area contributed by atoms with Crippen molar-refractivity contribution in [1.82, 2.24) is 4.98 Å². The predicted molar refractivity (Wildman–Crippen MR) is 71.5 cm³/mol. The summed E-state index contributed by atoms with van der Waals surface area (Å²) in [4.78, 5) is 4.22. The van der Waals surface area contributed by atoms with Crippen LogP contribution in [0.4, 0.5) is 0 Å². The van der Waals surface area contributed by atoms with E-state index < -0.39 is 0 Å². The Morgan fingerprint density at radius 2 is 1.94 bits per heavy atom. The summed E-state index contributed by atoms with van der Waals surface area (Å²) in [6.07, 6.45) is 1.77. The normalized spacial score (nSPS) is 12.5. The average molecular weight is 267 g/mol. The lowest BCUT2D eigenvalue weighted by atomic mass is 10.0. The molecule has 2 aromatic rings. The Morgan fingerprint density at radius 3 is 2.53 bits per heavy atom. The van der Waals surface area contributed by atoms with Crippen molar-refractivity contribution in [1.29, 1.82) is 0 Å². The minimum absolute atomic E-state index is 0.284. The molecule has 2 rings (SSSR count). The SMILES string of the molecule is Cc1ccc(C(N)c2ccc(Cl)cc2Cl)cn1. The molecule has 0 radical (unpaired) electrons. The first kappa shape index (κ1) is 12.4. The van der Waals surface area contributed by atoms with Crippen molar-refractivity contribution >= 4 is 23.2 Å². The largest absolute Gasteiger partial charge is 0.320 e. The highest BCUT2D eigenvalue weighted by Gasteiger charge is 2.12. The van der Waals surface area contributed by atoms with E-state index in [2.05, 4.69) is 4.98 Å². The number of hydrogen-bond donors (Lipinski definition) is 1. The molecular formula is C13H12Cl2N2. The highest BCUT2D eigenvalue weighted by Crippen LogP contribution is 2.28. The van der Waals surface area contributed by atoms with Gasteiger partial charge in [0.2, 0.25) is 0 Å². The second-order valence-electron chi connectivity index (χ2n) is 3.88. The van der Waals surface area contributed by atoms with Crippen LogP contribution in [0.2, 0.25) is 10.0 Å². The zero-order chi connectivity index (χ0) is 12.4. The standard InChI is InChI=1S/C13H12Cl2N2/c1-8-2-3-9(7-17-8)13(16)11-5-4-10(14)6-12(11)15/h2-7,13H,16H2,1H3. The average Bonchev–Trinajstić information content (AvgIpc) is 2.29. The molecule has 1 aromatic carbocycles. The third kappa shape index (κ3) is 2.78. The fraction of sp³-hybridized carbons (Fsp3) is 0.154. The van der Waals surface area contributed by atoms with Crippen LogP contribution >= 0.6 is 23.2 Å². The number of aryl methyl sites for hydroxylation is 1. The summed E-state index contributed by atoms with van der Waals surface area (Å²) in [5.41, 5.74) is 8.89. The Labute approximate surface area is 110 Å². The summed E-state index contributed by atoms with van der Waals surface area (Å²) in [7, 11) is 0. The number of nitrogens with zero attached hydrogens (tertiary/aromatic N) is 1. The molecule has 0 aliphatic carbocycles. The van der Waals surface area contributed by atoms with E-state index in [9.17, 15) is 0 Å². The number of aromatic nitrogens is 1. The minimum Gasteiger partial charge on any atom is -0.320 e. The zero-order valence-electron chi connectivity index (χ0n) is 9.32. The molecule has 0 saturated heterocycles. The molecule has 1 aromatic heterocycles. The zero-order valence-corrected chi connectivity index (χ0v) is 10.8. The second kappa shape index (κ2) is 5.05.